The molecular weight excluding hydrogens is 340 g/mol. The highest BCUT2D eigenvalue weighted by Crippen LogP contribution is 2.29. The van der Waals surface area contributed by atoms with Crippen molar-refractivity contribution in [3.8, 4) is 11.6 Å². The molecule has 27 heavy (non-hydrogen) atoms. The summed E-state index contributed by atoms with van der Waals surface area (Å²) in [5, 5.41) is 17.2. The first-order valence-corrected chi connectivity index (χ1v) is 8.64. The van der Waals surface area contributed by atoms with Crippen molar-refractivity contribution in [2.24, 2.45) is 0 Å². The smallest absolute Gasteiger partial charge is 0.156 e. The Hall–Kier alpha value is -3.48. The fourth-order valence-electron chi connectivity index (χ4n) is 3.01. The molecule has 7 heteroatoms. The van der Waals surface area contributed by atoms with E-state index in [1.807, 2.05) is 56.3 Å². The average Bonchev–Trinajstić information content (AvgIpc) is 3.03. The maximum Gasteiger partial charge on any atom is 0.156 e. The summed E-state index contributed by atoms with van der Waals surface area (Å²) < 4.78 is 7.26. The van der Waals surface area contributed by atoms with Gasteiger partial charge in [0.2, 0.25) is 0 Å². The molecule has 0 radical (unpaired) electrons. The van der Waals surface area contributed by atoms with Crippen LogP contribution in [0.1, 0.15) is 17.0 Å². The summed E-state index contributed by atoms with van der Waals surface area (Å²) in [6.45, 7) is 5.90. The van der Waals surface area contributed by atoms with Gasteiger partial charge in [-0.3, -0.25) is 0 Å². The van der Waals surface area contributed by atoms with Gasteiger partial charge in [-0.25, -0.2) is 4.98 Å². The van der Waals surface area contributed by atoms with Crippen LogP contribution in [0, 0.1) is 20.8 Å². The van der Waals surface area contributed by atoms with E-state index in [1.165, 1.54) is 0 Å². The number of aryl methyl sites for hydroxylation is 3. The molecule has 0 spiro atoms. The molecule has 0 aliphatic rings. The van der Waals surface area contributed by atoms with Crippen LogP contribution in [0.4, 0.5) is 11.6 Å². The van der Waals surface area contributed by atoms with Crippen LogP contribution in [0.25, 0.3) is 16.7 Å². The number of nitrogens with one attached hydrogen (secondary N) is 1. The highest BCUT2D eigenvalue weighted by atomic mass is 16.5. The van der Waals surface area contributed by atoms with Gasteiger partial charge in [0.25, 0.3) is 0 Å². The number of methoxy groups -OCH3 is 1. The lowest BCUT2D eigenvalue weighted by molar-refractivity contribution is 0.419. The monoisotopic (exact) mass is 360 g/mol. The van der Waals surface area contributed by atoms with Crippen molar-refractivity contribution >= 4 is 22.5 Å². The van der Waals surface area contributed by atoms with Crippen LogP contribution in [-0.4, -0.2) is 32.1 Å². The lowest BCUT2D eigenvalue weighted by Crippen LogP contribution is -2.07. The zero-order chi connectivity index (χ0) is 19.0. The molecule has 0 atom stereocenters. The third kappa shape index (κ3) is 3.19. The molecule has 0 unspecified atom stereocenters. The second-order valence-corrected chi connectivity index (χ2v) is 6.42. The largest absolute Gasteiger partial charge is 0.494 e. The van der Waals surface area contributed by atoms with E-state index >= 15 is 0 Å². The molecule has 1 N–H and O–H groups in total. The third-order valence-corrected chi connectivity index (χ3v) is 4.32. The number of hydrogen-bond acceptors (Lipinski definition) is 6. The van der Waals surface area contributed by atoms with Crippen molar-refractivity contribution in [3.05, 3.63) is 59.4 Å². The molecule has 3 heterocycles. The van der Waals surface area contributed by atoms with E-state index in [0.717, 1.165) is 39.4 Å². The second kappa shape index (κ2) is 6.68. The Morgan fingerprint density at radius 1 is 0.963 bits per heavy atom. The topological polar surface area (TPSA) is 77.8 Å². The van der Waals surface area contributed by atoms with E-state index in [9.17, 15) is 0 Å². The first kappa shape index (κ1) is 17.0. The van der Waals surface area contributed by atoms with Crippen molar-refractivity contribution in [2.45, 2.75) is 20.8 Å². The van der Waals surface area contributed by atoms with Gasteiger partial charge in [-0.2, -0.15) is 14.9 Å². The number of nitrogens with zero attached hydrogens (tertiary/aromatic N) is 5. The molecule has 0 aliphatic heterocycles. The predicted octanol–water partition coefficient (Wildman–Crippen LogP) is 3.89. The number of ether oxygens (including phenoxy) is 1. The molecule has 0 saturated heterocycles. The summed E-state index contributed by atoms with van der Waals surface area (Å²) >= 11 is 0. The molecule has 3 aromatic heterocycles. The lowest BCUT2D eigenvalue weighted by atomic mass is 10.1. The minimum Gasteiger partial charge on any atom is -0.494 e. The molecule has 0 amide bonds. The van der Waals surface area contributed by atoms with Gasteiger partial charge in [-0.15, -0.1) is 5.10 Å². The lowest BCUT2D eigenvalue weighted by Gasteiger charge is -2.12. The molecule has 7 nitrogen and oxygen atoms in total. The number of hydrogen-bond donors (Lipinski definition) is 1. The van der Waals surface area contributed by atoms with Crippen LogP contribution < -0.4 is 10.1 Å². The van der Waals surface area contributed by atoms with Gasteiger partial charge in [0.05, 0.1) is 18.5 Å². The summed E-state index contributed by atoms with van der Waals surface area (Å²) in [6, 6.07) is 13.7. The Kier molecular flexibility index (Phi) is 4.19. The van der Waals surface area contributed by atoms with Gasteiger partial charge in [-0.05, 0) is 50.6 Å². The first-order valence-electron chi connectivity index (χ1n) is 8.64. The fourth-order valence-corrected chi connectivity index (χ4v) is 3.01. The standard InChI is InChI=1S/C20H20N6O/c1-12-10-18(22-20-15(12)6-5-7-16(20)27-4)26-19(11-14(3)25-26)21-17-9-8-13(2)23-24-17/h5-11H,1-4H3,(H,21,24). The number of rotatable bonds is 4. The Balaban J connectivity index is 1.83. The van der Waals surface area contributed by atoms with E-state index in [0.29, 0.717) is 11.6 Å². The van der Waals surface area contributed by atoms with E-state index in [1.54, 1.807) is 11.8 Å². The minimum absolute atomic E-state index is 0.650. The van der Waals surface area contributed by atoms with Gasteiger partial charge < -0.3 is 10.1 Å². The number of benzene rings is 1. The summed E-state index contributed by atoms with van der Waals surface area (Å²) in [7, 11) is 1.65. The number of anilines is 2. The van der Waals surface area contributed by atoms with E-state index in [-0.39, 0.29) is 0 Å². The number of fused-ring (bicyclic) bond motifs is 1. The Labute approximate surface area is 157 Å². The molecule has 136 valence electrons. The zero-order valence-corrected chi connectivity index (χ0v) is 15.7. The van der Waals surface area contributed by atoms with Gasteiger partial charge in [-0.1, -0.05) is 12.1 Å². The summed E-state index contributed by atoms with van der Waals surface area (Å²) in [5.74, 6) is 2.86. The molecule has 4 aromatic rings. The van der Waals surface area contributed by atoms with Crippen molar-refractivity contribution < 1.29 is 4.74 Å². The van der Waals surface area contributed by atoms with Crippen LogP contribution in [0.15, 0.2) is 42.5 Å². The molecular formula is C20H20N6O. The molecule has 4 rings (SSSR count). The molecule has 0 saturated carbocycles. The summed E-state index contributed by atoms with van der Waals surface area (Å²) in [4.78, 5) is 4.81. The van der Waals surface area contributed by atoms with Gasteiger partial charge in [0.1, 0.15) is 17.1 Å². The van der Waals surface area contributed by atoms with Crippen molar-refractivity contribution in [1.29, 1.82) is 0 Å². The van der Waals surface area contributed by atoms with Gasteiger partial charge in [0.15, 0.2) is 11.6 Å². The van der Waals surface area contributed by atoms with E-state index < -0.39 is 0 Å². The highest BCUT2D eigenvalue weighted by molar-refractivity contribution is 5.88. The number of pyridine rings is 1. The highest BCUT2D eigenvalue weighted by Gasteiger charge is 2.13. The maximum atomic E-state index is 5.49. The van der Waals surface area contributed by atoms with Crippen molar-refractivity contribution in [2.75, 3.05) is 12.4 Å². The third-order valence-electron chi connectivity index (χ3n) is 4.32. The normalized spacial score (nSPS) is 11.0. The molecule has 0 fully saturated rings. The summed E-state index contributed by atoms with van der Waals surface area (Å²) in [5.41, 5.74) is 3.65. The molecule has 0 bridgehead atoms. The van der Waals surface area contributed by atoms with Crippen molar-refractivity contribution in [1.82, 2.24) is 25.0 Å². The van der Waals surface area contributed by atoms with Gasteiger partial charge >= 0.3 is 0 Å². The second-order valence-electron chi connectivity index (χ2n) is 6.42. The summed E-state index contributed by atoms with van der Waals surface area (Å²) in [6.07, 6.45) is 0. The first-order chi connectivity index (χ1) is 13.0. The number of para-hydroxylation sites is 1. The van der Waals surface area contributed by atoms with Crippen LogP contribution >= 0.6 is 0 Å². The maximum absolute atomic E-state index is 5.49. The SMILES string of the molecule is COc1cccc2c(C)cc(-n3nc(C)cc3Nc3ccc(C)nn3)nc12. The average molecular weight is 360 g/mol. The quantitative estimate of drug-likeness (QED) is 0.595. The predicted molar refractivity (Wildman–Crippen MR) is 105 cm³/mol. The zero-order valence-electron chi connectivity index (χ0n) is 15.7. The van der Waals surface area contributed by atoms with Crippen molar-refractivity contribution in [3.63, 3.8) is 0 Å². The van der Waals surface area contributed by atoms with Crippen LogP contribution in [0.5, 0.6) is 5.75 Å². The van der Waals surface area contributed by atoms with E-state index in [2.05, 4.69) is 27.5 Å². The Bertz CT molecular complexity index is 1120. The number of aromatic nitrogens is 5. The minimum atomic E-state index is 0.650. The molecule has 0 aliphatic carbocycles. The van der Waals surface area contributed by atoms with E-state index in [4.69, 9.17) is 9.72 Å². The van der Waals surface area contributed by atoms with Gasteiger partial charge in [0, 0.05) is 11.5 Å². The molecule has 1 aromatic carbocycles. The van der Waals surface area contributed by atoms with Crippen LogP contribution in [-0.2, 0) is 0 Å². The Morgan fingerprint density at radius 2 is 1.81 bits per heavy atom. The van der Waals surface area contributed by atoms with Crippen LogP contribution in [0.3, 0.4) is 0 Å². The Morgan fingerprint density at radius 3 is 2.56 bits per heavy atom. The fraction of sp³-hybridized carbons (Fsp3) is 0.200. The van der Waals surface area contributed by atoms with Crippen LogP contribution in [0.2, 0.25) is 0 Å².